The van der Waals surface area contributed by atoms with E-state index in [1.165, 1.54) is 24.2 Å². The summed E-state index contributed by atoms with van der Waals surface area (Å²) in [6.07, 6.45) is 2.84. The molecule has 0 aliphatic heterocycles. The van der Waals surface area contributed by atoms with E-state index in [0.29, 0.717) is 18.9 Å². The molecular weight excluding hydrogens is 236 g/mol. The smallest absolute Gasteiger partial charge is 0.307 e. The molecule has 5 heteroatoms. The molecule has 0 spiro atoms. The van der Waals surface area contributed by atoms with E-state index in [2.05, 4.69) is 12.2 Å². The van der Waals surface area contributed by atoms with Gasteiger partial charge in [-0.1, -0.05) is 11.3 Å². The number of nitrogens with zero attached hydrogens (tertiary/aromatic N) is 1. The monoisotopic (exact) mass is 254 g/mol. The summed E-state index contributed by atoms with van der Waals surface area (Å²) in [6.45, 7) is 4.43. The van der Waals surface area contributed by atoms with Crippen LogP contribution in [0, 0.1) is 12.8 Å². The van der Waals surface area contributed by atoms with E-state index in [4.69, 9.17) is 0 Å². The number of nitrogens with one attached hydrogen (secondary N) is 1. The lowest BCUT2D eigenvalue weighted by atomic mass is 10.2. The van der Waals surface area contributed by atoms with Crippen molar-refractivity contribution in [2.75, 3.05) is 0 Å². The van der Waals surface area contributed by atoms with Crippen molar-refractivity contribution in [3.8, 4) is 0 Å². The molecular formula is C12H18N2O2S. The van der Waals surface area contributed by atoms with E-state index in [9.17, 15) is 9.59 Å². The average molecular weight is 254 g/mol. The van der Waals surface area contributed by atoms with E-state index in [-0.39, 0.29) is 16.8 Å². The van der Waals surface area contributed by atoms with Gasteiger partial charge in [-0.15, -0.1) is 0 Å². The molecule has 4 nitrogen and oxygen atoms in total. The van der Waals surface area contributed by atoms with Crippen LogP contribution in [-0.2, 0) is 11.3 Å². The van der Waals surface area contributed by atoms with Crippen molar-refractivity contribution in [3.05, 3.63) is 20.7 Å². The Morgan fingerprint density at radius 2 is 2.35 bits per heavy atom. The summed E-state index contributed by atoms with van der Waals surface area (Å²) in [7, 11) is 0. The van der Waals surface area contributed by atoms with Crippen molar-refractivity contribution >= 4 is 17.2 Å². The van der Waals surface area contributed by atoms with Crippen LogP contribution in [0.4, 0.5) is 0 Å². The number of rotatable bonds is 5. The predicted octanol–water partition coefficient (Wildman–Crippen LogP) is 1.52. The van der Waals surface area contributed by atoms with Crippen LogP contribution in [0.25, 0.3) is 0 Å². The van der Waals surface area contributed by atoms with E-state index in [1.807, 2.05) is 12.3 Å². The van der Waals surface area contributed by atoms with Gasteiger partial charge in [-0.2, -0.15) is 0 Å². The molecule has 1 saturated carbocycles. The van der Waals surface area contributed by atoms with E-state index in [1.54, 1.807) is 4.57 Å². The average Bonchev–Trinajstić information content (AvgIpc) is 3.06. The lowest BCUT2D eigenvalue weighted by Gasteiger charge is -2.12. The maximum atomic E-state index is 11.7. The highest BCUT2D eigenvalue weighted by molar-refractivity contribution is 7.07. The summed E-state index contributed by atoms with van der Waals surface area (Å²) in [6, 6.07) is 0.280. The van der Waals surface area contributed by atoms with Gasteiger partial charge in [0.1, 0.15) is 0 Å². The van der Waals surface area contributed by atoms with Crippen molar-refractivity contribution in [2.24, 2.45) is 5.92 Å². The van der Waals surface area contributed by atoms with Gasteiger partial charge in [0, 0.05) is 30.1 Å². The Bertz CT molecular complexity index is 459. The minimum Gasteiger partial charge on any atom is -0.353 e. The Hall–Kier alpha value is -1.10. The normalized spacial score (nSPS) is 16.8. The molecule has 1 atom stereocenters. The summed E-state index contributed by atoms with van der Waals surface area (Å²) < 4.78 is 1.66. The van der Waals surface area contributed by atoms with Crippen LogP contribution in [0.3, 0.4) is 0 Å². The standard InChI is InChI=1S/C12H18N2O2S/c1-8-7-17-12(16)14(8)6-5-11(15)13-9(2)10-3-4-10/h7,9-10H,3-6H2,1-2H3,(H,13,15)/t9-/m1/s1. The summed E-state index contributed by atoms with van der Waals surface area (Å²) in [5, 5.41) is 4.82. The maximum absolute atomic E-state index is 11.7. The van der Waals surface area contributed by atoms with Crippen molar-refractivity contribution in [3.63, 3.8) is 0 Å². The molecule has 1 heterocycles. The van der Waals surface area contributed by atoms with Gasteiger partial charge in [0.2, 0.25) is 5.91 Å². The molecule has 1 fully saturated rings. The highest BCUT2D eigenvalue weighted by Crippen LogP contribution is 2.32. The fourth-order valence-electron chi connectivity index (χ4n) is 1.93. The minimum atomic E-state index is 0.0190. The Morgan fingerprint density at radius 1 is 1.65 bits per heavy atom. The van der Waals surface area contributed by atoms with Gasteiger partial charge in [-0.05, 0) is 32.6 Å². The molecule has 0 saturated heterocycles. The highest BCUT2D eigenvalue weighted by atomic mass is 32.1. The predicted molar refractivity (Wildman–Crippen MR) is 68.3 cm³/mol. The summed E-state index contributed by atoms with van der Waals surface area (Å²) in [5.41, 5.74) is 0.933. The van der Waals surface area contributed by atoms with E-state index >= 15 is 0 Å². The third-order valence-corrected chi connectivity index (χ3v) is 4.14. The van der Waals surface area contributed by atoms with Crippen LogP contribution in [0.2, 0.25) is 0 Å². The Morgan fingerprint density at radius 3 is 2.88 bits per heavy atom. The summed E-state index contributed by atoms with van der Waals surface area (Å²) >= 11 is 1.19. The van der Waals surface area contributed by atoms with Crippen LogP contribution in [0.1, 0.15) is 31.9 Å². The molecule has 17 heavy (non-hydrogen) atoms. The van der Waals surface area contributed by atoms with Gasteiger partial charge in [0.25, 0.3) is 0 Å². The van der Waals surface area contributed by atoms with Crippen molar-refractivity contribution in [2.45, 2.75) is 45.7 Å². The van der Waals surface area contributed by atoms with Crippen LogP contribution in [-0.4, -0.2) is 16.5 Å². The molecule has 1 aromatic heterocycles. The molecule has 2 rings (SSSR count). The second-order valence-corrected chi connectivity index (χ2v) is 5.56. The first-order valence-electron chi connectivity index (χ1n) is 6.02. The lowest BCUT2D eigenvalue weighted by molar-refractivity contribution is -0.122. The van der Waals surface area contributed by atoms with Crippen molar-refractivity contribution in [1.29, 1.82) is 0 Å². The largest absolute Gasteiger partial charge is 0.353 e. The number of hydrogen-bond donors (Lipinski definition) is 1. The molecule has 0 aromatic carbocycles. The number of hydrogen-bond acceptors (Lipinski definition) is 3. The van der Waals surface area contributed by atoms with Gasteiger partial charge in [-0.3, -0.25) is 9.59 Å². The fourth-order valence-corrected chi connectivity index (χ4v) is 2.69. The van der Waals surface area contributed by atoms with Gasteiger partial charge >= 0.3 is 4.87 Å². The van der Waals surface area contributed by atoms with Crippen molar-refractivity contribution < 1.29 is 4.79 Å². The first-order chi connectivity index (χ1) is 8.08. The lowest BCUT2D eigenvalue weighted by Crippen LogP contribution is -2.35. The van der Waals surface area contributed by atoms with E-state index in [0.717, 1.165) is 5.69 Å². The molecule has 1 aliphatic rings. The Balaban J connectivity index is 1.81. The zero-order valence-corrected chi connectivity index (χ0v) is 11.0. The second-order valence-electron chi connectivity index (χ2n) is 4.74. The highest BCUT2D eigenvalue weighted by Gasteiger charge is 2.28. The maximum Gasteiger partial charge on any atom is 0.307 e. The first kappa shape index (κ1) is 12.4. The molecule has 1 aliphatic carbocycles. The van der Waals surface area contributed by atoms with Crippen LogP contribution in [0.15, 0.2) is 10.2 Å². The number of carbonyl (C=O) groups excluding carboxylic acids is 1. The zero-order chi connectivity index (χ0) is 12.4. The first-order valence-corrected chi connectivity index (χ1v) is 6.90. The molecule has 0 bridgehead atoms. The summed E-state index contributed by atoms with van der Waals surface area (Å²) in [4.78, 5) is 23.1. The molecule has 1 aromatic rings. The van der Waals surface area contributed by atoms with Crippen LogP contribution in [0.5, 0.6) is 0 Å². The third-order valence-electron chi connectivity index (χ3n) is 3.26. The second kappa shape index (κ2) is 5.04. The number of amides is 1. The molecule has 0 unspecified atom stereocenters. The minimum absolute atomic E-state index is 0.0190. The number of thiazole rings is 1. The van der Waals surface area contributed by atoms with Crippen molar-refractivity contribution in [1.82, 2.24) is 9.88 Å². The zero-order valence-electron chi connectivity index (χ0n) is 10.2. The number of aryl methyl sites for hydroxylation is 1. The SMILES string of the molecule is Cc1csc(=O)n1CCC(=O)N[C@H](C)C1CC1. The van der Waals surface area contributed by atoms with Gasteiger partial charge in [-0.25, -0.2) is 0 Å². The van der Waals surface area contributed by atoms with Gasteiger partial charge < -0.3 is 9.88 Å². The van der Waals surface area contributed by atoms with E-state index < -0.39 is 0 Å². The van der Waals surface area contributed by atoms with Crippen LogP contribution < -0.4 is 10.2 Å². The summed E-state index contributed by atoms with van der Waals surface area (Å²) in [5.74, 6) is 0.714. The Labute approximate surface area is 105 Å². The molecule has 0 radical (unpaired) electrons. The number of carbonyl (C=O) groups is 1. The third kappa shape index (κ3) is 3.19. The molecule has 1 N–H and O–H groups in total. The molecule has 1 amide bonds. The molecule has 94 valence electrons. The Kier molecular flexibility index (Phi) is 3.66. The van der Waals surface area contributed by atoms with Gasteiger partial charge in [0.05, 0.1) is 0 Å². The van der Waals surface area contributed by atoms with Crippen LogP contribution >= 0.6 is 11.3 Å². The topological polar surface area (TPSA) is 51.1 Å². The quantitative estimate of drug-likeness (QED) is 0.866. The fraction of sp³-hybridized carbons (Fsp3) is 0.667. The number of aromatic nitrogens is 1. The van der Waals surface area contributed by atoms with Gasteiger partial charge in [0.15, 0.2) is 0 Å².